The second kappa shape index (κ2) is 78.2. The lowest BCUT2D eigenvalue weighted by Crippen LogP contribution is -3.00. The maximum atomic E-state index is 12.5. The Balaban J connectivity index is -0.0000000767. The van der Waals surface area contributed by atoms with Gasteiger partial charge in [0.1, 0.15) is 44.7 Å². The van der Waals surface area contributed by atoms with Crippen LogP contribution in [0.3, 0.4) is 0 Å². The van der Waals surface area contributed by atoms with Crippen LogP contribution in [0.2, 0.25) is 115 Å². The number of nitrogens with two attached hydrogens (primary N) is 2. The Morgan fingerprint density at radius 3 is 0.887 bits per heavy atom. The molecule has 0 spiro atoms. The van der Waals surface area contributed by atoms with Gasteiger partial charge in [0.2, 0.25) is 17.1 Å². The summed E-state index contributed by atoms with van der Waals surface area (Å²) in [5.41, 5.74) is 11.4. The molecule has 0 radical (unpaired) electrons. The van der Waals surface area contributed by atoms with E-state index in [0.29, 0.717) is 73.5 Å². The number of hydrogen-bond acceptors (Lipinski definition) is 17. The lowest BCUT2D eigenvalue weighted by Gasteiger charge is -2.34. The van der Waals surface area contributed by atoms with Crippen LogP contribution < -0.4 is 57.5 Å². The summed E-state index contributed by atoms with van der Waals surface area (Å²) in [6, 6.07) is 6.28. The van der Waals surface area contributed by atoms with Crippen molar-refractivity contribution in [3.63, 3.8) is 0 Å². The Kier molecular flexibility index (Phi) is 105. The molecule has 0 atom stereocenters. The van der Waals surface area contributed by atoms with Gasteiger partial charge in [-0.15, -0.1) is 34.8 Å². The standard InChI is InChI=1S/C29H56N4O7Si2.C14H30Cl2N2O3Si2.C10H28N2OSi2.C7H13NO2.C2H2Cl2O.9CH4.2ClH/c1-12-28(36)38-19-17-32(4,5)23-26(34)30-15-13-21-41(8,9)40-42(10,11)22-14-16-31-27(35)24-33(6,7)18-20-39-29(37)25(2)3;1-22(2,9-5-7-17-13(19)11-15)21-23(3,4)10-6-8-18-14(20)12-16;1-14(2,9-5-7-11)13-15(3,4)10-6-8-12;1-4-7(9)10-6-5-8(2)3;3-1-2(4)5;;;;;;;;;;;/h12H,1-2,13-24H2,3-11H3;5-12H2,1-4H3,(H,17,19)(H,18,20);5-12H2,1-4H3;4H,1,5-6H2,2-3H3;1H2;9*1H4;2*1H. The molecule has 106 heavy (non-hydrogen) atoms. The molecule has 0 aromatic heterocycles. The number of rotatable bonds is 47. The van der Waals surface area contributed by atoms with Gasteiger partial charge in [0, 0.05) is 50.4 Å². The van der Waals surface area contributed by atoms with E-state index in [1.165, 1.54) is 12.1 Å². The number of alkyl halides is 3. The fourth-order valence-electron chi connectivity index (χ4n) is 9.06. The molecule has 0 bridgehead atoms. The molecular weight excluding hydrogens is 1580 g/mol. The molecule has 0 aromatic carbocycles. The van der Waals surface area contributed by atoms with Crippen molar-refractivity contribution >= 4 is 143 Å². The lowest BCUT2D eigenvalue weighted by atomic mass is 10.3. The van der Waals surface area contributed by atoms with Gasteiger partial charge in [0.25, 0.3) is 11.8 Å². The minimum atomic E-state index is -1.91. The number of amides is 4. The first-order chi connectivity index (χ1) is 43.6. The van der Waals surface area contributed by atoms with E-state index >= 15 is 0 Å². The van der Waals surface area contributed by atoms with E-state index in [1.54, 1.807) is 6.92 Å². The first-order valence-electron chi connectivity index (χ1n) is 32.7. The van der Waals surface area contributed by atoms with Crippen molar-refractivity contribution in [1.29, 1.82) is 0 Å². The minimum absolute atomic E-state index is 0. The molecular formula is C71H167Cl6N9O14Si6. The summed E-state index contributed by atoms with van der Waals surface area (Å²) in [7, 11) is 1.31. The molecule has 0 saturated carbocycles. The average Bonchev–Trinajstić information content (AvgIpc) is 0.851. The number of hydrogen-bond donors (Lipinski definition) is 6. The third-order valence-corrected chi connectivity index (χ3v) is 37.2. The molecule has 646 valence electrons. The van der Waals surface area contributed by atoms with Crippen LogP contribution >= 0.6 is 46.4 Å². The van der Waals surface area contributed by atoms with Gasteiger partial charge in [-0.25, -0.2) is 14.4 Å². The van der Waals surface area contributed by atoms with Crippen molar-refractivity contribution in [3.8, 4) is 0 Å². The van der Waals surface area contributed by atoms with Gasteiger partial charge in [-0.1, -0.05) is 86.6 Å². The molecule has 0 aromatic rings. The Morgan fingerprint density at radius 1 is 0.434 bits per heavy atom. The van der Waals surface area contributed by atoms with Gasteiger partial charge in [0.15, 0.2) is 63.0 Å². The highest BCUT2D eigenvalue weighted by Gasteiger charge is 2.35. The number of nitrogens with one attached hydrogen (secondary N) is 4. The normalized spacial score (nSPS) is 10.6. The van der Waals surface area contributed by atoms with Crippen molar-refractivity contribution in [2.24, 2.45) is 11.5 Å². The SMILES string of the molecule is C.C.C.C.C.C.C.C.C.C=CC(=O)OCCN(C)C.C=CC(=O)OCC[N+](C)(C)CC(=O)NCCC[Si](C)(C)O[Si](C)(C)CCCNC(=O)C[N+](C)(C)CCOC(=O)C(=C)C.C[Si](C)(CCCN)O[Si](C)(C)CCCN.C[Si](C)(CCCNC(=O)CCl)O[Si](C)(C)CCCNC(=O)CCl.O=C(Cl)CCl.[Cl-].[Cl-]. The highest BCUT2D eigenvalue weighted by molar-refractivity contribution is 6.86. The van der Waals surface area contributed by atoms with Crippen LogP contribution in [0.1, 0.15) is 112 Å². The Morgan fingerprint density at radius 2 is 0.670 bits per heavy atom. The first-order valence-corrected chi connectivity index (χ1v) is 53.4. The molecule has 0 aliphatic rings. The van der Waals surface area contributed by atoms with Crippen LogP contribution in [0.15, 0.2) is 37.5 Å². The summed E-state index contributed by atoms with van der Waals surface area (Å²) < 4.78 is 35.3. The van der Waals surface area contributed by atoms with Crippen LogP contribution in [-0.4, -0.2) is 262 Å². The van der Waals surface area contributed by atoms with Crippen molar-refractivity contribution < 1.29 is 98.7 Å². The van der Waals surface area contributed by atoms with Gasteiger partial charge in [0.05, 0.1) is 34.1 Å². The van der Waals surface area contributed by atoms with Gasteiger partial charge in [-0.2, -0.15) is 0 Å². The molecule has 4 amide bonds. The van der Waals surface area contributed by atoms with E-state index in [2.05, 4.69) is 120 Å². The quantitative estimate of drug-likeness (QED) is 0.00487. The van der Waals surface area contributed by atoms with Crippen LogP contribution in [0.5, 0.6) is 0 Å². The van der Waals surface area contributed by atoms with E-state index in [-0.39, 0.29) is 152 Å². The largest absolute Gasteiger partial charge is 1.00 e. The Labute approximate surface area is 690 Å². The highest BCUT2D eigenvalue weighted by Crippen LogP contribution is 2.26. The van der Waals surface area contributed by atoms with Crippen molar-refractivity contribution in [2.75, 3.05) is 152 Å². The number of carbonyl (C=O) groups is 8. The third-order valence-electron chi connectivity index (χ3n) is 13.6. The van der Waals surface area contributed by atoms with Gasteiger partial charge in [-0.05, 0) is 199 Å². The van der Waals surface area contributed by atoms with Crippen LogP contribution in [0.25, 0.3) is 0 Å². The van der Waals surface area contributed by atoms with Gasteiger partial charge < -0.3 is 98.0 Å². The molecule has 0 rings (SSSR count). The molecule has 0 aliphatic heterocycles. The van der Waals surface area contributed by atoms with E-state index in [4.69, 9.17) is 84.4 Å². The van der Waals surface area contributed by atoms with E-state index in [9.17, 15) is 38.4 Å². The zero-order chi connectivity index (χ0) is 74.8. The summed E-state index contributed by atoms with van der Waals surface area (Å²) in [5, 5.41) is 11.1. The molecule has 0 saturated heterocycles. The van der Waals surface area contributed by atoms with Gasteiger partial charge >= 0.3 is 17.9 Å². The monoisotopic (exact) mass is 1750 g/mol. The fraction of sp³-hybridized carbons (Fsp3) is 0.803. The van der Waals surface area contributed by atoms with Crippen molar-refractivity contribution in [1.82, 2.24) is 26.2 Å². The molecule has 23 nitrogen and oxygen atoms in total. The second-order valence-electron chi connectivity index (χ2n) is 28.3. The minimum Gasteiger partial charge on any atom is -1.00 e. The molecule has 35 heteroatoms. The van der Waals surface area contributed by atoms with Crippen molar-refractivity contribution in [2.45, 2.75) is 227 Å². The Bertz CT molecular complexity index is 2210. The van der Waals surface area contributed by atoms with Gasteiger partial charge in [-0.3, -0.25) is 24.0 Å². The average molecular weight is 1750 g/mol. The van der Waals surface area contributed by atoms with E-state index < -0.39 is 67.1 Å². The number of nitrogens with zero attached hydrogens (tertiary/aromatic N) is 3. The molecule has 0 unspecified atom stereocenters. The summed E-state index contributed by atoms with van der Waals surface area (Å²) in [5.74, 6) is -1.61. The molecule has 0 fully saturated rings. The van der Waals surface area contributed by atoms with Crippen LogP contribution in [-0.2, 0) is 64.9 Å². The summed E-state index contributed by atoms with van der Waals surface area (Å²) in [6.45, 7) is 46.2. The maximum absolute atomic E-state index is 12.5. The van der Waals surface area contributed by atoms with E-state index in [0.717, 1.165) is 94.5 Å². The number of quaternary nitrogens is 2. The Hall–Kier alpha value is -2.10. The highest BCUT2D eigenvalue weighted by atomic mass is 35.5. The molecule has 8 N–H and O–H groups in total. The first kappa shape index (κ1) is 142. The number of ether oxygens (including phenoxy) is 3. The predicted octanol–water partition coefficient (Wildman–Crippen LogP) is 8.44. The van der Waals surface area contributed by atoms with E-state index in [1.807, 2.05) is 47.2 Å². The number of esters is 3. The maximum Gasteiger partial charge on any atom is 0.333 e. The zero-order valence-corrected chi connectivity index (χ0v) is 73.3. The lowest BCUT2D eigenvalue weighted by molar-refractivity contribution is -0.882. The third kappa shape index (κ3) is 99.9. The zero-order valence-electron chi connectivity index (χ0n) is 62.8. The summed E-state index contributed by atoms with van der Waals surface area (Å²) in [6.07, 6.45) is 8.03. The second-order valence-corrected chi connectivity index (χ2v) is 56.1. The molecule has 0 heterocycles. The number of halogens is 6. The van der Waals surface area contributed by atoms with Crippen LogP contribution in [0.4, 0.5) is 0 Å². The summed E-state index contributed by atoms with van der Waals surface area (Å²) >= 11 is 20.4. The number of carbonyl (C=O) groups excluding carboxylic acids is 8. The molecule has 0 aliphatic carbocycles. The predicted molar refractivity (Wildman–Crippen MR) is 469 cm³/mol. The fourth-order valence-corrected chi connectivity index (χ4v) is 35.9. The van der Waals surface area contributed by atoms with Crippen LogP contribution in [0, 0.1) is 0 Å². The number of likely N-dealkylation sites (N-methyl/N-ethyl adjacent to an activating group) is 3. The summed E-state index contributed by atoms with van der Waals surface area (Å²) in [4.78, 5) is 91.6. The smallest absolute Gasteiger partial charge is 0.333 e. The van der Waals surface area contributed by atoms with Crippen molar-refractivity contribution in [3.05, 3.63) is 37.5 Å². The topological polar surface area (TPSA) is 295 Å².